The lowest BCUT2D eigenvalue weighted by atomic mass is 9.88. The van der Waals surface area contributed by atoms with E-state index < -0.39 is 0 Å². The summed E-state index contributed by atoms with van der Waals surface area (Å²) in [5.74, 6) is 0.186. The molecule has 0 atom stereocenters. The smallest absolute Gasteiger partial charge is 0.201 e. The molecule has 0 bridgehead atoms. The average Bonchev–Trinajstić information content (AvgIpc) is 2.05. The molecule has 0 amide bonds. The van der Waals surface area contributed by atoms with E-state index in [1.165, 1.54) is 0 Å². The Kier molecular flexibility index (Phi) is 2.87. The fourth-order valence-electron chi connectivity index (χ4n) is 1.42. The Bertz CT molecular complexity index is 104. The molecule has 57 valence electrons. The molecule has 2 nitrogen and oxygen atoms in total. The Labute approximate surface area is 61.6 Å². The molecule has 0 spiro atoms. The Hall–Kier alpha value is -0.370. The van der Waals surface area contributed by atoms with E-state index in [4.69, 9.17) is 4.74 Å². The minimum atomic E-state index is 0.186. The van der Waals surface area contributed by atoms with Crippen LogP contribution in [0.5, 0.6) is 0 Å². The second-order valence-electron chi connectivity index (χ2n) is 2.83. The summed E-state index contributed by atoms with van der Waals surface area (Å²) >= 11 is 0. The third-order valence-electron chi connectivity index (χ3n) is 2.17. The molecule has 0 aromatic rings. The molecule has 1 rings (SSSR count). The summed E-state index contributed by atoms with van der Waals surface area (Å²) in [5, 5.41) is 0. The minimum Gasteiger partial charge on any atom is -0.381 e. The second-order valence-corrected chi connectivity index (χ2v) is 2.83. The van der Waals surface area contributed by atoms with E-state index in [1.807, 2.05) is 6.29 Å². The lowest BCUT2D eigenvalue weighted by Crippen LogP contribution is -2.20. The van der Waals surface area contributed by atoms with Crippen LogP contribution in [0.4, 0.5) is 0 Å². The predicted octanol–water partition coefficient (Wildman–Crippen LogP) is 1.30. The van der Waals surface area contributed by atoms with Gasteiger partial charge in [0.25, 0.3) is 0 Å². The quantitative estimate of drug-likeness (QED) is 0.579. The monoisotopic (exact) mass is 141 g/mol. The fraction of sp³-hybridized carbons (Fsp3) is 0.875. The molecular formula is C8H13O2. The molecule has 1 saturated carbocycles. The van der Waals surface area contributed by atoms with Gasteiger partial charge in [-0.25, -0.2) is 0 Å². The largest absolute Gasteiger partial charge is 0.381 e. The molecule has 1 aliphatic rings. The van der Waals surface area contributed by atoms with Crippen molar-refractivity contribution < 1.29 is 9.53 Å². The fourth-order valence-corrected chi connectivity index (χ4v) is 1.42. The lowest BCUT2D eigenvalue weighted by molar-refractivity contribution is 0.0644. The van der Waals surface area contributed by atoms with Gasteiger partial charge in [0.15, 0.2) is 0 Å². The van der Waals surface area contributed by atoms with E-state index >= 15 is 0 Å². The Morgan fingerprint density at radius 1 is 1.30 bits per heavy atom. The van der Waals surface area contributed by atoms with Crippen LogP contribution >= 0.6 is 0 Å². The maximum atomic E-state index is 10.2. The van der Waals surface area contributed by atoms with Crippen molar-refractivity contribution in [2.45, 2.75) is 31.8 Å². The van der Waals surface area contributed by atoms with Crippen LogP contribution in [0.3, 0.4) is 0 Å². The van der Waals surface area contributed by atoms with Gasteiger partial charge in [-0.1, -0.05) is 0 Å². The summed E-state index contributed by atoms with van der Waals surface area (Å²) in [6.07, 6.45) is 6.41. The second kappa shape index (κ2) is 3.71. The summed E-state index contributed by atoms with van der Waals surface area (Å²) in [5.41, 5.74) is 0. The van der Waals surface area contributed by atoms with Gasteiger partial charge in [-0.15, -0.1) is 0 Å². The van der Waals surface area contributed by atoms with Gasteiger partial charge in [-0.3, -0.25) is 4.79 Å². The lowest BCUT2D eigenvalue weighted by Gasteiger charge is -2.23. The molecule has 0 N–H and O–H groups in total. The average molecular weight is 141 g/mol. The number of carbonyl (C=O) groups excluding carboxylic acids is 1. The molecular weight excluding hydrogens is 128 g/mol. The molecule has 0 unspecified atom stereocenters. The normalized spacial score (nSPS) is 33.7. The van der Waals surface area contributed by atoms with Crippen molar-refractivity contribution >= 4 is 6.29 Å². The zero-order chi connectivity index (χ0) is 7.40. The maximum Gasteiger partial charge on any atom is 0.201 e. The van der Waals surface area contributed by atoms with Crippen molar-refractivity contribution in [1.82, 2.24) is 0 Å². The number of ether oxygens (including phenoxy) is 1. The highest BCUT2D eigenvalue weighted by molar-refractivity contribution is 5.54. The molecule has 1 aliphatic carbocycles. The van der Waals surface area contributed by atoms with Crippen LogP contribution in [-0.2, 0) is 9.53 Å². The van der Waals surface area contributed by atoms with Crippen molar-refractivity contribution in [3.63, 3.8) is 0 Å². The first-order valence-electron chi connectivity index (χ1n) is 3.77. The first-order chi connectivity index (χ1) is 4.86. The van der Waals surface area contributed by atoms with Gasteiger partial charge in [0.1, 0.15) is 0 Å². The van der Waals surface area contributed by atoms with E-state index in [9.17, 15) is 4.79 Å². The molecule has 2 heteroatoms. The van der Waals surface area contributed by atoms with Crippen molar-refractivity contribution in [1.29, 1.82) is 0 Å². The standard InChI is InChI=1S/C8H13O2/c1-10-8-4-2-7(6-9)3-5-8/h7-8H,2-5H2,1H3. The first-order valence-corrected chi connectivity index (χ1v) is 3.77. The van der Waals surface area contributed by atoms with E-state index in [-0.39, 0.29) is 5.92 Å². The van der Waals surface area contributed by atoms with Crippen LogP contribution in [0.2, 0.25) is 0 Å². The van der Waals surface area contributed by atoms with Crippen molar-refractivity contribution in [3.05, 3.63) is 0 Å². The summed E-state index contributed by atoms with van der Waals surface area (Å²) in [4.78, 5) is 10.2. The van der Waals surface area contributed by atoms with E-state index in [2.05, 4.69) is 0 Å². The van der Waals surface area contributed by atoms with E-state index in [1.54, 1.807) is 7.11 Å². The minimum absolute atomic E-state index is 0.186. The number of hydrogen-bond acceptors (Lipinski definition) is 2. The zero-order valence-electron chi connectivity index (χ0n) is 6.30. The molecule has 0 aliphatic heterocycles. The van der Waals surface area contributed by atoms with Crippen LogP contribution in [0.1, 0.15) is 25.7 Å². The Morgan fingerprint density at radius 3 is 2.30 bits per heavy atom. The van der Waals surface area contributed by atoms with Crippen LogP contribution < -0.4 is 0 Å². The highest BCUT2D eigenvalue weighted by atomic mass is 16.5. The first kappa shape index (κ1) is 7.73. The van der Waals surface area contributed by atoms with Gasteiger partial charge in [-0.2, -0.15) is 0 Å². The number of hydrogen-bond donors (Lipinski definition) is 0. The topological polar surface area (TPSA) is 26.3 Å². The third-order valence-corrected chi connectivity index (χ3v) is 2.17. The summed E-state index contributed by atoms with van der Waals surface area (Å²) < 4.78 is 5.15. The zero-order valence-corrected chi connectivity index (χ0v) is 6.30. The molecule has 1 radical (unpaired) electrons. The molecule has 0 aromatic heterocycles. The van der Waals surface area contributed by atoms with Gasteiger partial charge in [0.2, 0.25) is 6.29 Å². The van der Waals surface area contributed by atoms with Gasteiger partial charge in [0.05, 0.1) is 6.10 Å². The highest BCUT2D eigenvalue weighted by Crippen LogP contribution is 2.23. The number of rotatable bonds is 2. The molecule has 1 fully saturated rings. The number of methoxy groups -OCH3 is 1. The molecule has 0 heterocycles. The van der Waals surface area contributed by atoms with Crippen LogP contribution in [0, 0.1) is 5.92 Å². The van der Waals surface area contributed by atoms with E-state index in [0.717, 1.165) is 25.7 Å². The van der Waals surface area contributed by atoms with Crippen LogP contribution in [0.25, 0.3) is 0 Å². The SMILES string of the molecule is COC1CCC([C]=O)CC1. The highest BCUT2D eigenvalue weighted by Gasteiger charge is 2.20. The van der Waals surface area contributed by atoms with Crippen molar-refractivity contribution in [2.75, 3.05) is 7.11 Å². The van der Waals surface area contributed by atoms with Crippen molar-refractivity contribution in [2.24, 2.45) is 5.92 Å². The molecule has 0 saturated heterocycles. The Morgan fingerprint density at radius 2 is 1.90 bits per heavy atom. The van der Waals surface area contributed by atoms with Crippen molar-refractivity contribution in [3.8, 4) is 0 Å². The summed E-state index contributed by atoms with van der Waals surface area (Å²) in [7, 11) is 1.73. The van der Waals surface area contributed by atoms with Gasteiger partial charge >= 0.3 is 0 Å². The Balaban J connectivity index is 2.23. The van der Waals surface area contributed by atoms with Gasteiger partial charge in [-0.05, 0) is 25.7 Å². The van der Waals surface area contributed by atoms with Crippen LogP contribution in [0.15, 0.2) is 0 Å². The molecule has 10 heavy (non-hydrogen) atoms. The molecule has 0 aromatic carbocycles. The van der Waals surface area contributed by atoms with Gasteiger partial charge < -0.3 is 4.74 Å². The summed E-state index contributed by atoms with van der Waals surface area (Å²) in [6, 6.07) is 0. The van der Waals surface area contributed by atoms with Gasteiger partial charge in [0, 0.05) is 13.0 Å². The van der Waals surface area contributed by atoms with Crippen LogP contribution in [-0.4, -0.2) is 19.5 Å². The summed E-state index contributed by atoms with van der Waals surface area (Å²) in [6.45, 7) is 0. The van der Waals surface area contributed by atoms with E-state index in [0.29, 0.717) is 6.10 Å². The maximum absolute atomic E-state index is 10.2. The third kappa shape index (κ3) is 1.81. The predicted molar refractivity (Wildman–Crippen MR) is 38.4 cm³/mol.